The normalized spacial score (nSPS) is 12.9. The molecule has 5 N–H and O–H groups in total. The first kappa shape index (κ1) is 29.2. The molecule has 1 aliphatic heterocycles. The third-order valence-electron chi connectivity index (χ3n) is 7.02. The highest BCUT2D eigenvalue weighted by molar-refractivity contribution is 6.17. The van der Waals surface area contributed by atoms with Crippen molar-refractivity contribution in [2.75, 3.05) is 20.3 Å². The summed E-state index contributed by atoms with van der Waals surface area (Å²) in [5.74, 6) is -0.417. The van der Waals surface area contributed by atoms with Gasteiger partial charge in [-0.25, -0.2) is 9.79 Å². The maximum atomic E-state index is 13.9. The number of hydrogen-bond donors (Lipinski definition) is 3. The monoisotopic (exact) mass is 560 g/mol. The molecule has 4 rings (SSSR count). The first-order valence-corrected chi connectivity index (χ1v) is 13.4. The molecule has 0 unspecified atom stereocenters. The molecule has 41 heavy (non-hydrogen) atoms. The summed E-state index contributed by atoms with van der Waals surface area (Å²) in [7, 11) is 1.58. The summed E-state index contributed by atoms with van der Waals surface area (Å²) in [6.45, 7) is 9.00. The van der Waals surface area contributed by atoms with Gasteiger partial charge in [0.05, 0.1) is 25.1 Å². The van der Waals surface area contributed by atoms with Crippen LogP contribution in [0.25, 0.3) is 11.3 Å². The topological polar surface area (TPSA) is 156 Å². The molecule has 0 atom stereocenters. The number of hydrogen-bond acceptors (Lipinski definition) is 7. The Morgan fingerprint density at radius 2 is 1.80 bits per heavy atom. The third kappa shape index (κ3) is 5.88. The Morgan fingerprint density at radius 3 is 2.41 bits per heavy atom. The van der Waals surface area contributed by atoms with E-state index in [9.17, 15) is 14.4 Å². The van der Waals surface area contributed by atoms with Gasteiger partial charge in [0.25, 0.3) is 11.8 Å². The van der Waals surface area contributed by atoms with E-state index >= 15 is 0 Å². The number of carbonyl (C=O) groups excluding carboxylic acids is 2. The van der Waals surface area contributed by atoms with Crippen LogP contribution in [0.2, 0.25) is 0 Å². The number of aryl methyl sites for hydroxylation is 4. The second kappa shape index (κ2) is 12.2. The molecule has 0 saturated carbocycles. The number of nitrogens with two attached hydrogens (primary N) is 2. The van der Waals surface area contributed by atoms with Crippen LogP contribution < -0.4 is 37.4 Å². The highest BCUT2D eigenvalue weighted by atomic mass is 16.5. The van der Waals surface area contributed by atoms with Gasteiger partial charge in [-0.2, -0.15) is 0 Å². The Balaban J connectivity index is 1.88. The maximum absolute atomic E-state index is 13.9. The van der Waals surface area contributed by atoms with Crippen molar-refractivity contribution >= 4 is 17.5 Å². The second-order valence-corrected chi connectivity index (χ2v) is 9.88. The molecule has 3 aromatic rings. The zero-order valence-electron chi connectivity index (χ0n) is 24.0. The van der Waals surface area contributed by atoms with E-state index in [0.29, 0.717) is 42.3 Å². The summed E-state index contributed by atoms with van der Waals surface area (Å²) in [5.41, 5.74) is 16.8. The van der Waals surface area contributed by atoms with E-state index in [-0.39, 0.29) is 24.4 Å². The van der Waals surface area contributed by atoms with Crippen molar-refractivity contribution in [3.05, 3.63) is 80.3 Å². The molecular weight excluding hydrogens is 524 g/mol. The van der Waals surface area contributed by atoms with Crippen molar-refractivity contribution in [2.24, 2.45) is 16.5 Å². The number of amides is 2. The maximum Gasteiger partial charge on any atom is 0.330 e. The first-order valence-electron chi connectivity index (χ1n) is 13.4. The largest absolute Gasteiger partial charge is 0.493 e. The molecule has 1 aromatic heterocycles. The second-order valence-electron chi connectivity index (χ2n) is 9.88. The van der Waals surface area contributed by atoms with Crippen LogP contribution >= 0.6 is 0 Å². The van der Waals surface area contributed by atoms with E-state index in [0.717, 1.165) is 39.7 Å². The number of nitrogens with zero attached hydrogens (tertiary/aromatic N) is 3. The van der Waals surface area contributed by atoms with Gasteiger partial charge in [0.15, 0.2) is 11.5 Å². The van der Waals surface area contributed by atoms with E-state index in [1.807, 2.05) is 58.0 Å². The minimum absolute atomic E-state index is 0.0409. The molecule has 0 spiro atoms. The fraction of sp³-hybridized carbons (Fsp3) is 0.333. The summed E-state index contributed by atoms with van der Waals surface area (Å²) in [6.07, 6.45) is 1.49. The van der Waals surface area contributed by atoms with Gasteiger partial charge in [-0.05, 0) is 62.9 Å². The van der Waals surface area contributed by atoms with Gasteiger partial charge >= 0.3 is 5.69 Å². The van der Waals surface area contributed by atoms with Crippen molar-refractivity contribution in [3.63, 3.8) is 0 Å². The number of nitrogens with one attached hydrogen (secondary N) is 1. The molecule has 0 aliphatic carbocycles. The number of ether oxygens (including phenoxy) is 2. The van der Waals surface area contributed by atoms with Gasteiger partial charge < -0.3 is 26.3 Å². The molecule has 2 amide bonds. The quantitative estimate of drug-likeness (QED) is 0.206. The molecule has 0 radical (unpaired) electrons. The Hall–Kier alpha value is -4.80. The van der Waals surface area contributed by atoms with Crippen LogP contribution in [0.15, 0.2) is 51.9 Å². The lowest BCUT2D eigenvalue weighted by Gasteiger charge is -2.25. The molecular formula is C30H36N6O5. The van der Waals surface area contributed by atoms with Crippen LogP contribution in [-0.2, 0) is 29.1 Å². The van der Waals surface area contributed by atoms with E-state index in [2.05, 4.69) is 5.32 Å². The molecule has 1 aliphatic rings. The Labute approximate surface area is 238 Å². The van der Waals surface area contributed by atoms with Gasteiger partial charge in [0.1, 0.15) is 11.1 Å². The van der Waals surface area contributed by atoms with E-state index < -0.39 is 11.8 Å². The molecule has 0 saturated heterocycles. The Bertz CT molecular complexity index is 1660. The van der Waals surface area contributed by atoms with Crippen molar-refractivity contribution < 1.29 is 19.1 Å². The van der Waals surface area contributed by atoms with Crippen molar-refractivity contribution in [2.45, 2.75) is 47.2 Å². The zero-order chi connectivity index (χ0) is 29.8. The molecule has 2 aromatic carbocycles. The molecule has 2 heterocycles. The number of aromatic nitrogens is 2. The highest BCUT2D eigenvalue weighted by Crippen LogP contribution is 2.37. The molecule has 11 nitrogen and oxygen atoms in total. The van der Waals surface area contributed by atoms with Crippen LogP contribution in [0.4, 0.5) is 5.69 Å². The number of fused-ring (bicyclic) bond motifs is 3. The molecule has 216 valence electrons. The fourth-order valence-corrected chi connectivity index (χ4v) is 5.18. The van der Waals surface area contributed by atoms with Crippen LogP contribution in [0.3, 0.4) is 0 Å². The van der Waals surface area contributed by atoms with E-state index in [4.69, 9.17) is 25.9 Å². The number of carbonyl (C=O) groups is 2. The highest BCUT2D eigenvalue weighted by Gasteiger charge is 2.23. The van der Waals surface area contributed by atoms with E-state index in [1.165, 1.54) is 4.57 Å². The Morgan fingerprint density at radius 1 is 1.10 bits per heavy atom. The smallest absolute Gasteiger partial charge is 0.330 e. The van der Waals surface area contributed by atoms with Crippen molar-refractivity contribution in [3.8, 4) is 22.8 Å². The van der Waals surface area contributed by atoms with Gasteiger partial charge in [-0.15, -0.1) is 0 Å². The summed E-state index contributed by atoms with van der Waals surface area (Å²) >= 11 is 0. The average molecular weight is 561 g/mol. The van der Waals surface area contributed by atoms with Crippen LogP contribution in [0.5, 0.6) is 11.5 Å². The van der Waals surface area contributed by atoms with Gasteiger partial charge in [0, 0.05) is 37.5 Å². The Kier molecular flexibility index (Phi) is 8.65. The minimum Gasteiger partial charge on any atom is -0.493 e. The lowest BCUT2D eigenvalue weighted by atomic mass is 9.97. The zero-order valence-corrected chi connectivity index (χ0v) is 24.0. The lowest BCUT2D eigenvalue weighted by molar-refractivity contribution is -0.122. The number of primary amides is 1. The van der Waals surface area contributed by atoms with Gasteiger partial charge in [0.2, 0.25) is 0 Å². The van der Waals surface area contributed by atoms with Crippen LogP contribution in [0.1, 0.15) is 29.2 Å². The summed E-state index contributed by atoms with van der Waals surface area (Å²) < 4.78 is 14.6. The van der Waals surface area contributed by atoms with Gasteiger partial charge in [-0.1, -0.05) is 17.7 Å². The third-order valence-corrected chi connectivity index (χ3v) is 7.02. The molecule has 11 heteroatoms. The van der Waals surface area contributed by atoms with E-state index in [1.54, 1.807) is 11.7 Å². The summed E-state index contributed by atoms with van der Waals surface area (Å²) in [6, 6.07) is 9.83. The first-order chi connectivity index (χ1) is 19.6. The predicted octanol–water partition coefficient (Wildman–Crippen LogP) is 1.88. The summed E-state index contributed by atoms with van der Waals surface area (Å²) in [5, 5.41) is 2.61. The fourth-order valence-electron chi connectivity index (χ4n) is 5.18. The lowest BCUT2D eigenvalue weighted by Crippen LogP contribution is -2.44. The number of rotatable bonds is 9. The van der Waals surface area contributed by atoms with Gasteiger partial charge in [-0.3, -0.25) is 18.7 Å². The van der Waals surface area contributed by atoms with Crippen molar-refractivity contribution in [1.82, 2.24) is 14.5 Å². The predicted molar refractivity (Wildman–Crippen MR) is 156 cm³/mol. The standard InChI is InChI=1S/C30H36N6O5/c1-6-41-25-13-20-7-9-35-23(21(20)14-24(25)40-5)15-26(34-27-18(3)11-17(2)12-19(27)4)36(30(35)39)10-8-33-29(38)22(16-31)28(32)37/h11-16H,6-10,31H2,1-5H3,(H2,32,37)(H,33,38)/b22-16+,34-26+. The number of benzene rings is 2. The van der Waals surface area contributed by atoms with Crippen LogP contribution in [0, 0.1) is 20.8 Å². The molecule has 0 fully saturated rings. The summed E-state index contributed by atoms with van der Waals surface area (Å²) in [4.78, 5) is 42.8. The van der Waals surface area contributed by atoms with Crippen LogP contribution in [-0.4, -0.2) is 41.2 Å². The number of methoxy groups -OCH3 is 1. The van der Waals surface area contributed by atoms with Crippen molar-refractivity contribution in [1.29, 1.82) is 0 Å². The molecule has 0 bridgehead atoms. The SMILES string of the molecule is CCOc1cc2c(cc1OC)-c1c/c(=N\c3c(C)cc(C)cc3C)n(CCNC(=O)/C(=C/N)C(N)=O)c(=O)n1CC2. The average Bonchev–Trinajstić information content (AvgIpc) is 2.92. The minimum atomic E-state index is -0.936.